The van der Waals surface area contributed by atoms with E-state index in [0.717, 1.165) is 24.0 Å². The van der Waals surface area contributed by atoms with Gasteiger partial charge >= 0.3 is 0 Å². The lowest BCUT2D eigenvalue weighted by Gasteiger charge is -2.32. The topological polar surface area (TPSA) is 34.1 Å². The zero-order valence-corrected chi connectivity index (χ0v) is 23.2. The minimum absolute atomic E-state index is 0.0788. The van der Waals surface area contributed by atoms with Crippen LogP contribution < -0.4 is 0 Å². The fourth-order valence-corrected chi connectivity index (χ4v) is 6.34. The van der Waals surface area contributed by atoms with Crippen molar-refractivity contribution in [3.63, 3.8) is 0 Å². The largest absolute Gasteiger partial charge is 0.228 e. The molecular weight excluding hydrogens is 424 g/mol. The van der Waals surface area contributed by atoms with Crippen LogP contribution in [0.4, 0.5) is 0 Å². The Bertz CT molecular complexity index is 930. The number of hydrogen-bond donors (Lipinski definition) is 0. The molecule has 0 fully saturated rings. The molecule has 0 bridgehead atoms. The molecule has 0 amide bonds. The summed E-state index contributed by atoms with van der Waals surface area (Å²) in [6.45, 7) is 17.6. The summed E-state index contributed by atoms with van der Waals surface area (Å²) in [6, 6.07) is 0. The average molecular weight is 471 g/mol. The molecule has 0 aliphatic heterocycles. The second-order valence-electron chi connectivity index (χ2n) is 11.5. The van der Waals surface area contributed by atoms with Gasteiger partial charge in [0.15, 0.2) is 9.84 Å². The first-order chi connectivity index (χ1) is 15.2. The maximum absolute atomic E-state index is 12.6. The highest BCUT2D eigenvalue weighted by Gasteiger charge is 2.27. The van der Waals surface area contributed by atoms with E-state index in [-0.39, 0.29) is 22.3 Å². The van der Waals surface area contributed by atoms with E-state index in [2.05, 4.69) is 65.8 Å². The third kappa shape index (κ3) is 8.28. The minimum Gasteiger partial charge on any atom is -0.228 e. The van der Waals surface area contributed by atoms with E-state index in [1.807, 2.05) is 26.0 Å². The second-order valence-corrected chi connectivity index (χ2v) is 13.7. The molecule has 33 heavy (non-hydrogen) atoms. The molecule has 0 unspecified atom stereocenters. The molecule has 3 heteroatoms. The van der Waals surface area contributed by atoms with Crippen molar-refractivity contribution in [2.24, 2.45) is 10.8 Å². The molecule has 184 valence electrons. The van der Waals surface area contributed by atoms with Crippen molar-refractivity contribution in [1.82, 2.24) is 0 Å². The smallest absolute Gasteiger partial charge is 0.157 e. The summed E-state index contributed by atoms with van der Waals surface area (Å²) in [6.07, 6.45) is 19.5. The van der Waals surface area contributed by atoms with E-state index >= 15 is 0 Å². The Kier molecular flexibility index (Phi) is 9.39. The summed E-state index contributed by atoms with van der Waals surface area (Å²) in [7, 11) is -3.17. The standard InChI is InChI=1S/C30H46O2S/c1-23(13-15-27-25(3)11-9-19-29(27,5)6)17-21-33(31,32)22-18-24(2)14-16-28-26(4)12-10-20-30(28,7)8/h13-18H,9-12,19-22H2,1-8H3/b15-13+,16-14+,23-17+,24-18+. The molecule has 2 rings (SSSR count). The van der Waals surface area contributed by atoms with Crippen molar-refractivity contribution in [3.8, 4) is 0 Å². The molecule has 0 saturated carbocycles. The molecule has 0 spiro atoms. The van der Waals surface area contributed by atoms with E-state index in [1.54, 1.807) is 0 Å². The zero-order chi connectivity index (χ0) is 24.9. The van der Waals surface area contributed by atoms with Crippen LogP contribution in [-0.2, 0) is 9.84 Å². The highest BCUT2D eigenvalue weighted by atomic mass is 32.2. The van der Waals surface area contributed by atoms with Gasteiger partial charge in [0.2, 0.25) is 0 Å². The molecule has 0 aromatic rings. The molecule has 0 atom stereocenters. The first-order valence-electron chi connectivity index (χ1n) is 12.5. The van der Waals surface area contributed by atoms with Gasteiger partial charge in [0.25, 0.3) is 0 Å². The molecule has 0 saturated heterocycles. The van der Waals surface area contributed by atoms with E-state index in [9.17, 15) is 8.42 Å². The SMILES string of the molecule is CC1=C(/C=C/C(C)=C/CS(=O)(=O)C/C=C(C)/C=C/C2=C(C)CCCC2(C)C)C(C)(C)CCC1. The molecule has 0 aromatic carbocycles. The van der Waals surface area contributed by atoms with Gasteiger partial charge in [-0.15, -0.1) is 0 Å². The van der Waals surface area contributed by atoms with Crippen LogP contribution in [0.1, 0.15) is 93.9 Å². The summed E-state index contributed by atoms with van der Waals surface area (Å²) in [5.74, 6) is 0.158. The Morgan fingerprint density at radius 3 is 1.45 bits per heavy atom. The maximum atomic E-state index is 12.6. The zero-order valence-electron chi connectivity index (χ0n) is 22.3. The maximum Gasteiger partial charge on any atom is 0.157 e. The Morgan fingerprint density at radius 2 is 1.12 bits per heavy atom. The fraction of sp³-hybridized carbons (Fsp3) is 0.600. The van der Waals surface area contributed by atoms with Crippen LogP contribution in [0.3, 0.4) is 0 Å². The van der Waals surface area contributed by atoms with Gasteiger partial charge in [-0.05, 0) is 88.2 Å². The molecule has 2 nitrogen and oxygen atoms in total. The Hall–Kier alpha value is -1.61. The third-order valence-corrected chi connectivity index (χ3v) is 8.78. The molecule has 2 aliphatic carbocycles. The highest BCUT2D eigenvalue weighted by molar-refractivity contribution is 7.91. The molecule has 0 N–H and O–H groups in total. The summed E-state index contributed by atoms with van der Waals surface area (Å²) < 4.78 is 25.2. The van der Waals surface area contributed by atoms with Crippen LogP contribution in [0, 0.1) is 10.8 Å². The second kappa shape index (κ2) is 11.2. The van der Waals surface area contributed by atoms with Gasteiger partial charge in [0.1, 0.15) is 0 Å². The molecular formula is C30H46O2S. The van der Waals surface area contributed by atoms with E-state index < -0.39 is 9.84 Å². The first kappa shape index (κ1) is 27.6. The summed E-state index contributed by atoms with van der Waals surface area (Å²) in [4.78, 5) is 0. The van der Waals surface area contributed by atoms with Gasteiger partial charge in [-0.2, -0.15) is 0 Å². The Morgan fingerprint density at radius 1 is 0.758 bits per heavy atom. The van der Waals surface area contributed by atoms with E-state index in [1.165, 1.54) is 48.0 Å². The van der Waals surface area contributed by atoms with Gasteiger partial charge < -0.3 is 0 Å². The molecule has 0 aromatic heterocycles. The summed E-state index contributed by atoms with van der Waals surface area (Å²) in [5.41, 5.74) is 8.12. The highest BCUT2D eigenvalue weighted by Crippen LogP contribution is 2.41. The van der Waals surface area contributed by atoms with E-state index in [0.29, 0.717) is 0 Å². The van der Waals surface area contributed by atoms with Crippen LogP contribution in [0.5, 0.6) is 0 Å². The lowest BCUT2D eigenvalue weighted by molar-refractivity contribution is 0.376. The lowest BCUT2D eigenvalue weighted by Crippen LogP contribution is -2.19. The van der Waals surface area contributed by atoms with Gasteiger partial charge in [-0.3, -0.25) is 0 Å². The molecule has 0 heterocycles. The van der Waals surface area contributed by atoms with Gasteiger partial charge in [-0.1, -0.05) is 86.4 Å². The summed E-state index contributed by atoms with van der Waals surface area (Å²) >= 11 is 0. The average Bonchev–Trinajstić information content (AvgIpc) is 2.69. The van der Waals surface area contributed by atoms with Crippen LogP contribution in [-0.4, -0.2) is 19.9 Å². The van der Waals surface area contributed by atoms with Crippen molar-refractivity contribution in [2.45, 2.75) is 93.9 Å². The number of hydrogen-bond acceptors (Lipinski definition) is 2. The number of allylic oxidation sites excluding steroid dienone is 10. The normalized spacial score (nSPS) is 22.7. The first-order valence-corrected chi connectivity index (χ1v) is 14.4. The Balaban J connectivity index is 2.00. The minimum atomic E-state index is -3.17. The molecule has 2 aliphatic rings. The predicted molar refractivity (Wildman–Crippen MR) is 145 cm³/mol. The van der Waals surface area contributed by atoms with Gasteiger partial charge in [0, 0.05) is 0 Å². The van der Waals surface area contributed by atoms with Gasteiger partial charge in [-0.25, -0.2) is 8.42 Å². The number of sulfone groups is 1. The van der Waals surface area contributed by atoms with Crippen molar-refractivity contribution in [3.05, 3.63) is 69.9 Å². The van der Waals surface area contributed by atoms with Gasteiger partial charge in [0.05, 0.1) is 11.5 Å². The lowest BCUT2D eigenvalue weighted by atomic mass is 9.72. The van der Waals surface area contributed by atoms with Crippen molar-refractivity contribution >= 4 is 9.84 Å². The van der Waals surface area contributed by atoms with E-state index in [4.69, 9.17) is 0 Å². The Labute approximate surface area is 204 Å². The number of rotatable bonds is 8. The third-order valence-electron chi connectivity index (χ3n) is 7.43. The van der Waals surface area contributed by atoms with Crippen LogP contribution in [0.2, 0.25) is 0 Å². The van der Waals surface area contributed by atoms with Crippen LogP contribution in [0.15, 0.2) is 69.9 Å². The van der Waals surface area contributed by atoms with Crippen LogP contribution >= 0.6 is 0 Å². The van der Waals surface area contributed by atoms with Crippen LogP contribution in [0.25, 0.3) is 0 Å². The van der Waals surface area contributed by atoms with Crippen molar-refractivity contribution in [2.75, 3.05) is 11.5 Å². The quantitative estimate of drug-likeness (QED) is 0.333. The monoisotopic (exact) mass is 470 g/mol. The predicted octanol–water partition coefficient (Wildman–Crippen LogP) is 8.46. The van der Waals surface area contributed by atoms with Crippen molar-refractivity contribution < 1.29 is 8.42 Å². The van der Waals surface area contributed by atoms with Crippen molar-refractivity contribution in [1.29, 1.82) is 0 Å². The summed E-state index contributed by atoms with van der Waals surface area (Å²) in [5, 5.41) is 0. The molecule has 0 radical (unpaired) electrons. The fourth-order valence-electron chi connectivity index (χ4n) is 5.17.